The van der Waals surface area contributed by atoms with Crippen molar-refractivity contribution in [3.8, 4) is 0 Å². The molecule has 5 rings (SSSR count). The molecule has 0 saturated carbocycles. The van der Waals surface area contributed by atoms with Crippen LogP contribution in [0.2, 0.25) is 0 Å². The van der Waals surface area contributed by atoms with Gasteiger partial charge in [-0.25, -0.2) is 9.59 Å². The van der Waals surface area contributed by atoms with Crippen molar-refractivity contribution in [1.82, 2.24) is 14.5 Å². The van der Waals surface area contributed by atoms with Gasteiger partial charge in [0, 0.05) is 44.2 Å². The number of aliphatic hydroxyl groups excluding tert-OH is 1. The van der Waals surface area contributed by atoms with E-state index in [1.165, 1.54) is 7.11 Å². The normalized spacial score (nSPS) is 20.4. The van der Waals surface area contributed by atoms with Gasteiger partial charge in [0.2, 0.25) is 6.29 Å². The van der Waals surface area contributed by atoms with Crippen molar-refractivity contribution in [1.29, 1.82) is 0 Å². The van der Waals surface area contributed by atoms with Gasteiger partial charge in [0.25, 0.3) is 5.91 Å². The highest BCUT2D eigenvalue weighted by molar-refractivity contribution is 5.92. The summed E-state index contributed by atoms with van der Waals surface area (Å²) in [4.78, 5) is 43.5. The third-order valence-electron chi connectivity index (χ3n) is 8.59. The van der Waals surface area contributed by atoms with Gasteiger partial charge in [-0.2, -0.15) is 0 Å². The van der Waals surface area contributed by atoms with E-state index in [2.05, 4.69) is 4.98 Å². The summed E-state index contributed by atoms with van der Waals surface area (Å²) in [6.45, 7) is 4.61. The van der Waals surface area contributed by atoms with E-state index in [1.54, 1.807) is 21.6 Å². The van der Waals surface area contributed by atoms with Crippen LogP contribution in [0, 0.1) is 5.92 Å². The number of nitrogens with zero attached hydrogens (tertiary/aromatic N) is 2. The standard InChI is InChI=1S/C34H43N3O9/c1-3-45-33-26(14-18-43-20-21-44-19-17-38)27(23-8-10-24(11-9-23)32(40)42-2)22-30(46-33)31(39)36-15-12-25(13-16-36)37-29-7-5-4-6-28(29)35-34(37)41/h4-11,22,25-27,33,38H,3,12-21H2,1-2H3,(H,35,41)/t26-,27+,33+/m1/s1. The second-order valence-electron chi connectivity index (χ2n) is 11.4. The maximum Gasteiger partial charge on any atom is 0.337 e. The largest absolute Gasteiger partial charge is 0.465 e. The van der Waals surface area contributed by atoms with E-state index in [0.29, 0.717) is 64.3 Å². The Morgan fingerprint density at radius 1 is 1.00 bits per heavy atom. The summed E-state index contributed by atoms with van der Waals surface area (Å²) in [6, 6.07) is 14.8. The first-order valence-electron chi connectivity index (χ1n) is 15.9. The van der Waals surface area contributed by atoms with Gasteiger partial charge in [0.05, 0.1) is 50.1 Å². The van der Waals surface area contributed by atoms with Crippen LogP contribution in [-0.4, -0.2) is 97.6 Å². The molecule has 2 aliphatic rings. The smallest absolute Gasteiger partial charge is 0.337 e. The van der Waals surface area contributed by atoms with Crippen LogP contribution in [0.1, 0.15) is 54.1 Å². The Labute approximate surface area is 267 Å². The first-order valence-corrected chi connectivity index (χ1v) is 15.9. The number of para-hydroxylation sites is 2. The number of allylic oxidation sites excluding steroid dienone is 1. The molecule has 1 amide bonds. The number of rotatable bonds is 14. The molecular weight excluding hydrogens is 594 g/mol. The molecule has 3 aromatic rings. The Hall–Kier alpha value is -3.97. The molecule has 2 aromatic carbocycles. The van der Waals surface area contributed by atoms with Gasteiger partial charge in [0.15, 0.2) is 5.76 Å². The quantitative estimate of drug-likeness (QED) is 0.201. The summed E-state index contributed by atoms with van der Waals surface area (Å²) in [7, 11) is 1.34. The van der Waals surface area contributed by atoms with Crippen LogP contribution in [0.3, 0.4) is 0 Å². The molecule has 0 unspecified atom stereocenters. The van der Waals surface area contributed by atoms with Crippen LogP contribution in [0.4, 0.5) is 0 Å². The Bertz CT molecular complexity index is 1540. The predicted molar refractivity (Wildman–Crippen MR) is 169 cm³/mol. The molecular formula is C34H43N3O9. The monoisotopic (exact) mass is 637 g/mol. The van der Waals surface area contributed by atoms with Crippen molar-refractivity contribution in [3.05, 3.63) is 82.0 Å². The van der Waals surface area contributed by atoms with Gasteiger partial charge in [-0.1, -0.05) is 24.3 Å². The van der Waals surface area contributed by atoms with Crippen LogP contribution in [0.5, 0.6) is 0 Å². The lowest BCUT2D eigenvalue weighted by molar-refractivity contribution is -0.172. The number of methoxy groups -OCH3 is 1. The maximum atomic E-state index is 13.9. The molecule has 3 heterocycles. The van der Waals surface area contributed by atoms with Crippen molar-refractivity contribution < 1.29 is 38.4 Å². The molecule has 3 atom stereocenters. The number of aromatic amines is 1. The summed E-state index contributed by atoms with van der Waals surface area (Å²) in [5.41, 5.74) is 2.86. The lowest BCUT2D eigenvalue weighted by Gasteiger charge is -2.39. The van der Waals surface area contributed by atoms with E-state index in [0.717, 1.165) is 16.6 Å². The zero-order valence-electron chi connectivity index (χ0n) is 26.4. The van der Waals surface area contributed by atoms with Crippen LogP contribution in [0.25, 0.3) is 11.0 Å². The number of imidazole rings is 1. The summed E-state index contributed by atoms with van der Waals surface area (Å²) < 4.78 is 30.1. The number of amides is 1. The fraction of sp³-hybridized carbons (Fsp3) is 0.500. The Morgan fingerprint density at radius 3 is 2.41 bits per heavy atom. The van der Waals surface area contributed by atoms with E-state index in [1.807, 2.05) is 49.4 Å². The van der Waals surface area contributed by atoms with Crippen molar-refractivity contribution >= 4 is 22.9 Å². The number of esters is 1. The van der Waals surface area contributed by atoms with E-state index in [-0.39, 0.29) is 48.4 Å². The molecule has 0 radical (unpaired) electrons. The molecule has 12 heteroatoms. The minimum Gasteiger partial charge on any atom is -0.465 e. The molecule has 0 aliphatic carbocycles. The fourth-order valence-corrected chi connectivity index (χ4v) is 6.30. The topological polar surface area (TPSA) is 142 Å². The van der Waals surface area contributed by atoms with E-state index in [4.69, 9.17) is 28.8 Å². The number of hydrogen-bond acceptors (Lipinski definition) is 9. The summed E-state index contributed by atoms with van der Waals surface area (Å²) in [6.07, 6.45) is 3.01. The third kappa shape index (κ3) is 7.69. The fourth-order valence-electron chi connectivity index (χ4n) is 6.30. The summed E-state index contributed by atoms with van der Waals surface area (Å²) in [5.74, 6) is -0.867. The average Bonchev–Trinajstić information content (AvgIpc) is 3.43. The number of benzene rings is 2. The molecule has 0 bridgehead atoms. The van der Waals surface area contributed by atoms with Gasteiger partial charge < -0.3 is 38.7 Å². The average molecular weight is 638 g/mol. The lowest BCUT2D eigenvalue weighted by atomic mass is 9.81. The van der Waals surface area contributed by atoms with Gasteiger partial charge in [-0.15, -0.1) is 0 Å². The molecule has 46 heavy (non-hydrogen) atoms. The number of carbonyl (C=O) groups excluding carboxylic acids is 2. The van der Waals surface area contributed by atoms with Crippen molar-refractivity contribution in [2.75, 3.05) is 59.8 Å². The Kier molecular flexibility index (Phi) is 11.6. The highest BCUT2D eigenvalue weighted by Crippen LogP contribution is 2.40. The summed E-state index contributed by atoms with van der Waals surface area (Å²) in [5, 5.41) is 8.89. The molecule has 1 fully saturated rings. The lowest BCUT2D eigenvalue weighted by Crippen LogP contribution is -2.44. The predicted octanol–water partition coefficient (Wildman–Crippen LogP) is 3.37. The van der Waals surface area contributed by atoms with Crippen LogP contribution in [0.15, 0.2) is 65.2 Å². The first-order chi connectivity index (χ1) is 22.4. The summed E-state index contributed by atoms with van der Waals surface area (Å²) >= 11 is 0. The first kappa shape index (κ1) is 33.4. The number of nitrogens with one attached hydrogen (secondary N) is 1. The van der Waals surface area contributed by atoms with Crippen molar-refractivity contribution in [2.24, 2.45) is 5.92 Å². The number of hydrogen-bond donors (Lipinski definition) is 2. The number of fused-ring (bicyclic) bond motifs is 1. The highest BCUT2D eigenvalue weighted by Gasteiger charge is 2.39. The van der Waals surface area contributed by atoms with Gasteiger partial charge in [0.1, 0.15) is 0 Å². The van der Waals surface area contributed by atoms with Crippen LogP contribution < -0.4 is 5.69 Å². The second kappa shape index (κ2) is 16.0. The van der Waals surface area contributed by atoms with E-state index in [9.17, 15) is 14.4 Å². The zero-order chi connectivity index (χ0) is 32.5. The van der Waals surface area contributed by atoms with E-state index < -0.39 is 12.3 Å². The number of ether oxygens (including phenoxy) is 5. The van der Waals surface area contributed by atoms with Crippen LogP contribution >= 0.6 is 0 Å². The number of piperidine rings is 1. The molecule has 248 valence electrons. The number of H-pyrrole nitrogens is 1. The van der Waals surface area contributed by atoms with Crippen LogP contribution in [-0.2, 0) is 28.5 Å². The molecule has 1 aromatic heterocycles. The SMILES string of the molecule is CCO[C@H]1OC(C(=O)N2CCC(n3c(=O)[nH]c4ccccc43)CC2)=C[C@@H](c2ccc(C(=O)OC)cc2)[C@H]1CCOCCOCCO. The van der Waals surface area contributed by atoms with Crippen molar-refractivity contribution in [2.45, 2.75) is 44.4 Å². The maximum absolute atomic E-state index is 13.9. The Balaban J connectivity index is 1.33. The Morgan fingerprint density at radius 2 is 1.72 bits per heavy atom. The van der Waals surface area contributed by atoms with Gasteiger partial charge >= 0.3 is 11.7 Å². The highest BCUT2D eigenvalue weighted by atomic mass is 16.7. The molecule has 0 spiro atoms. The molecule has 2 N–H and O–H groups in total. The minimum absolute atomic E-state index is 0.0235. The third-order valence-corrected chi connectivity index (χ3v) is 8.59. The van der Waals surface area contributed by atoms with Gasteiger partial charge in [-0.05, 0) is 62.1 Å². The number of carbonyl (C=O) groups is 2. The zero-order valence-corrected chi connectivity index (χ0v) is 26.4. The number of aliphatic hydroxyl groups is 1. The number of aromatic nitrogens is 2. The van der Waals surface area contributed by atoms with Crippen molar-refractivity contribution in [3.63, 3.8) is 0 Å². The van der Waals surface area contributed by atoms with Gasteiger partial charge in [-0.3, -0.25) is 9.36 Å². The molecule has 2 aliphatic heterocycles. The van der Waals surface area contributed by atoms with E-state index >= 15 is 0 Å². The molecule has 1 saturated heterocycles. The molecule has 12 nitrogen and oxygen atoms in total. The second-order valence-corrected chi connectivity index (χ2v) is 11.4. The number of likely N-dealkylation sites (tertiary alicyclic amines) is 1. The minimum atomic E-state index is -0.698.